The first-order valence-corrected chi connectivity index (χ1v) is 7.49. The lowest BCUT2D eigenvalue weighted by Gasteiger charge is -2.12. The number of hydrogen-bond acceptors (Lipinski definition) is 6. The van der Waals surface area contributed by atoms with Crippen molar-refractivity contribution in [3.8, 4) is 0 Å². The summed E-state index contributed by atoms with van der Waals surface area (Å²) in [5.41, 5.74) is 5.03. The molecule has 0 amide bonds. The van der Waals surface area contributed by atoms with Crippen molar-refractivity contribution in [2.75, 3.05) is 6.61 Å². The summed E-state index contributed by atoms with van der Waals surface area (Å²) >= 11 is 0. The summed E-state index contributed by atoms with van der Waals surface area (Å²) in [4.78, 5) is 22.3. The van der Waals surface area contributed by atoms with Crippen LogP contribution in [0.1, 0.15) is 38.2 Å². The zero-order chi connectivity index (χ0) is 16.8. The number of esters is 1. The molecule has 0 radical (unpaired) electrons. The molecule has 1 aromatic rings. The van der Waals surface area contributed by atoms with Gasteiger partial charge in [-0.3, -0.25) is 15.5 Å². The Morgan fingerprint density at radius 3 is 2.65 bits per heavy atom. The number of carbonyl (C=O) groups is 1. The highest BCUT2D eigenvalue weighted by molar-refractivity contribution is 6.36. The van der Waals surface area contributed by atoms with E-state index in [9.17, 15) is 14.9 Å². The van der Waals surface area contributed by atoms with Crippen molar-refractivity contribution < 1.29 is 14.5 Å². The molecule has 1 aliphatic rings. The fourth-order valence-electron chi connectivity index (χ4n) is 2.33. The summed E-state index contributed by atoms with van der Waals surface area (Å²) in [6.07, 6.45) is 3.12. The van der Waals surface area contributed by atoms with Gasteiger partial charge in [-0.1, -0.05) is 25.1 Å². The number of carbonyl (C=O) groups excluding carboxylic acids is 1. The molecule has 1 N–H and O–H groups in total. The van der Waals surface area contributed by atoms with E-state index in [1.807, 2.05) is 13.0 Å². The Bertz CT molecular complexity index is 650. The second-order valence-electron chi connectivity index (χ2n) is 5.10. The van der Waals surface area contributed by atoms with Gasteiger partial charge in [-0.25, -0.2) is 4.79 Å². The number of nitrogens with one attached hydrogen (secondary N) is 1. The molecule has 0 aliphatic carbocycles. The summed E-state index contributed by atoms with van der Waals surface area (Å²) in [5.74, 6) is -0.540. The van der Waals surface area contributed by atoms with Gasteiger partial charge in [-0.05, 0) is 18.9 Å². The molecule has 1 atom stereocenters. The maximum absolute atomic E-state index is 12.0. The molecule has 2 rings (SSSR count). The van der Waals surface area contributed by atoms with Crippen LogP contribution in [0.15, 0.2) is 41.1 Å². The van der Waals surface area contributed by atoms with E-state index in [-0.39, 0.29) is 18.2 Å². The van der Waals surface area contributed by atoms with Crippen LogP contribution in [0, 0.1) is 10.1 Å². The number of nitro benzene ring substituents is 1. The molecule has 0 spiro atoms. The Morgan fingerprint density at radius 1 is 1.39 bits per heavy atom. The standard InChI is InChI=1S/C16H19N3O4/c1-3-13-9-12(10-15(18-17-13)16(20)23-4-2)11-5-7-14(8-6-11)19(21)22/h5-9,12,17H,3-4,10H2,1-2H3. The third-order valence-corrected chi connectivity index (χ3v) is 3.57. The fraction of sp³-hybridized carbons (Fsp3) is 0.375. The molecule has 23 heavy (non-hydrogen) atoms. The molecule has 0 aromatic heterocycles. The third kappa shape index (κ3) is 4.15. The SMILES string of the molecule is CCOC(=O)C1=NNC(CC)=CC(c2ccc([N+](=O)[O-])cc2)C1. The Balaban J connectivity index is 2.28. The van der Waals surface area contributed by atoms with Crippen LogP contribution < -0.4 is 5.43 Å². The average Bonchev–Trinajstić information content (AvgIpc) is 2.78. The van der Waals surface area contributed by atoms with Gasteiger partial charge < -0.3 is 4.74 Å². The molecular formula is C16H19N3O4. The summed E-state index contributed by atoms with van der Waals surface area (Å²) in [6, 6.07) is 6.35. The van der Waals surface area contributed by atoms with Crippen LogP contribution in [0.25, 0.3) is 0 Å². The van der Waals surface area contributed by atoms with Crippen LogP contribution >= 0.6 is 0 Å². The van der Waals surface area contributed by atoms with E-state index in [0.717, 1.165) is 17.7 Å². The van der Waals surface area contributed by atoms with Gasteiger partial charge in [0.2, 0.25) is 0 Å². The molecule has 1 unspecified atom stereocenters. The fourth-order valence-corrected chi connectivity index (χ4v) is 2.33. The zero-order valence-electron chi connectivity index (χ0n) is 13.1. The average molecular weight is 317 g/mol. The lowest BCUT2D eigenvalue weighted by atomic mass is 9.92. The van der Waals surface area contributed by atoms with Gasteiger partial charge in [0.1, 0.15) is 5.71 Å². The number of hydrogen-bond donors (Lipinski definition) is 1. The minimum absolute atomic E-state index is 0.0412. The molecular weight excluding hydrogens is 298 g/mol. The third-order valence-electron chi connectivity index (χ3n) is 3.57. The highest BCUT2D eigenvalue weighted by atomic mass is 16.6. The lowest BCUT2D eigenvalue weighted by molar-refractivity contribution is -0.384. The van der Waals surface area contributed by atoms with Crippen molar-refractivity contribution in [2.24, 2.45) is 5.10 Å². The normalized spacial score (nSPS) is 17.4. The molecule has 7 nitrogen and oxygen atoms in total. The largest absolute Gasteiger partial charge is 0.461 e. The van der Waals surface area contributed by atoms with Crippen LogP contribution in [0.2, 0.25) is 0 Å². The molecule has 0 bridgehead atoms. The van der Waals surface area contributed by atoms with Gasteiger partial charge in [0, 0.05) is 30.2 Å². The maximum Gasteiger partial charge on any atom is 0.354 e. The summed E-state index contributed by atoms with van der Waals surface area (Å²) < 4.78 is 5.02. The van der Waals surface area contributed by atoms with E-state index < -0.39 is 10.9 Å². The van der Waals surface area contributed by atoms with Gasteiger partial charge >= 0.3 is 5.97 Å². The Hall–Kier alpha value is -2.70. The van der Waals surface area contributed by atoms with Crippen molar-refractivity contribution in [3.63, 3.8) is 0 Å². The Labute approximate surface area is 134 Å². The smallest absolute Gasteiger partial charge is 0.354 e. The quantitative estimate of drug-likeness (QED) is 0.512. The number of hydrazone groups is 1. The van der Waals surface area contributed by atoms with Crippen molar-refractivity contribution in [3.05, 3.63) is 51.7 Å². The second-order valence-corrected chi connectivity index (χ2v) is 5.10. The zero-order valence-corrected chi connectivity index (χ0v) is 13.1. The predicted molar refractivity (Wildman–Crippen MR) is 86.0 cm³/mol. The number of nitro groups is 1. The van der Waals surface area contributed by atoms with Gasteiger partial charge in [-0.15, -0.1) is 0 Å². The van der Waals surface area contributed by atoms with Gasteiger partial charge in [0.15, 0.2) is 0 Å². The van der Waals surface area contributed by atoms with E-state index in [0.29, 0.717) is 12.1 Å². The molecule has 7 heteroatoms. The summed E-state index contributed by atoms with van der Waals surface area (Å²) in [5, 5.41) is 14.9. The molecule has 1 heterocycles. The molecule has 0 fully saturated rings. The number of benzene rings is 1. The first kappa shape index (κ1) is 16.7. The van der Waals surface area contributed by atoms with E-state index >= 15 is 0 Å². The number of allylic oxidation sites excluding steroid dienone is 2. The van der Waals surface area contributed by atoms with Crippen LogP contribution in [-0.2, 0) is 9.53 Å². The van der Waals surface area contributed by atoms with E-state index in [2.05, 4.69) is 10.5 Å². The minimum atomic E-state index is -0.447. The van der Waals surface area contributed by atoms with Gasteiger partial charge in [0.05, 0.1) is 11.5 Å². The maximum atomic E-state index is 12.0. The van der Waals surface area contributed by atoms with Gasteiger partial charge in [-0.2, -0.15) is 5.10 Å². The molecule has 1 aromatic carbocycles. The highest BCUT2D eigenvalue weighted by Crippen LogP contribution is 2.27. The molecule has 0 saturated heterocycles. The van der Waals surface area contributed by atoms with Gasteiger partial charge in [0.25, 0.3) is 5.69 Å². The van der Waals surface area contributed by atoms with Crippen molar-refractivity contribution in [2.45, 2.75) is 32.6 Å². The lowest BCUT2D eigenvalue weighted by Crippen LogP contribution is -2.21. The monoisotopic (exact) mass is 317 g/mol. The number of nitrogens with zero attached hydrogens (tertiary/aromatic N) is 2. The molecule has 122 valence electrons. The second kappa shape index (κ2) is 7.53. The predicted octanol–water partition coefficient (Wildman–Crippen LogP) is 2.88. The Kier molecular flexibility index (Phi) is 5.46. The van der Waals surface area contributed by atoms with Crippen molar-refractivity contribution in [1.29, 1.82) is 0 Å². The van der Waals surface area contributed by atoms with Crippen molar-refractivity contribution in [1.82, 2.24) is 5.43 Å². The van der Waals surface area contributed by atoms with E-state index in [1.54, 1.807) is 19.1 Å². The van der Waals surface area contributed by atoms with Crippen LogP contribution in [-0.4, -0.2) is 23.2 Å². The first-order chi connectivity index (χ1) is 11.0. The summed E-state index contributed by atoms with van der Waals surface area (Å²) in [6.45, 7) is 4.01. The van der Waals surface area contributed by atoms with Crippen LogP contribution in [0.4, 0.5) is 5.69 Å². The Morgan fingerprint density at radius 2 is 2.09 bits per heavy atom. The molecule has 1 aliphatic heterocycles. The summed E-state index contributed by atoms with van der Waals surface area (Å²) in [7, 11) is 0. The highest BCUT2D eigenvalue weighted by Gasteiger charge is 2.22. The number of ether oxygens (including phenoxy) is 1. The first-order valence-electron chi connectivity index (χ1n) is 7.49. The minimum Gasteiger partial charge on any atom is -0.461 e. The topological polar surface area (TPSA) is 93.8 Å². The van der Waals surface area contributed by atoms with E-state index in [4.69, 9.17) is 4.74 Å². The van der Waals surface area contributed by atoms with E-state index in [1.165, 1.54) is 12.1 Å². The van der Waals surface area contributed by atoms with Crippen LogP contribution in [0.3, 0.4) is 0 Å². The number of rotatable bonds is 5. The number of non-ortho nitro benzene ring substituents is 1. The van der Waals surface area contributed by atoms with Crippen molar-refractivity contribution >= 4 is 17.4 Å². The van der Waals surface area contributed by atoms with Crippen LogP contribution in [0.5, 0.6) is 0 Å². The molecule has 0 saturated carbocycles.